The quantitative estimate of drug-likeness (QED) is 0.329. The molecular weight excluding hydrogens is 785 g/mol. The van der Waals surface area contributed by atoms with Gasteiger partial charge in [0.2, 0.25) is 0 Å². The highest BCUT2D eigenvalue weighted by Crippen LogP contribution is 3.77. The van der Waals surface area contributed by atoms with Crippen LogP contribution >= 0.6 is 25.3 Å². The van der Waals surface area contributed by atoms with Crippen LogP contribution in [0.4, 0.5) is 0 Å². The van der Waals surface area contributed by atoms with Crippen LogP contribution in [0.1, 0.15) is 25.7 Å². The van der Waals surface area contributed by atoms with E-state index in [0.29, 0.717) is 9.49 Å². The van der Waals surface area contributed by atoms with E-state index in [4.69, 9.17) is 25.3 Å². The van der Waals surface area contributed by atoms with E-state index in [1.54, 1.807) is 12.8 Å². The van der Waals surface area contributed by atoms with Gasteiger partial charge in [0.1, 0.15) is 0 Å². The molecule has 45 fully saturated rings. The molecule has 0 N–H and O–H groups in total. The lowest BCUT2D eigenvalue weighted by Gasteiger charge is -3.73. The molecule has 0 heterocycles. The number of hydrogen-bond donors (Lipinski definition) is 2. The van der Waals surface area contributed by atoms with Crippen LogP contribution in [0.5, 0.6) is 0 Å². The molecule has 0 amide bonds. The summed E-state index contributed by atoms with van der Waals surface area (Å²) in [7, 11) is 0. The fourth-order valence-corrected chi connectivity index (χ4v) is 72.5. The lowest BCUT2D eigenvalue weighted by molar-refractivity contribution is -1.28. The zero-order valence-electron chi connectivity index (χ0n) is 33.4. The first-order valence-electron chi connectivity index (χ1n) is 30.1. The maximum absolute atomic E-state index is 6.91. The van der Waals surface area contributed by atoms with Crippen molar-refractivity contribution in [1.29, 1.82) is 0 Å². The summed E-state index contributed by atoms with van der Waals surface area (Å²) in [4.78, 5) is 0. The zero-order chi connectivity index (χ0) is 34.5. The van der Waals surface area contributed by atoms with Crippen molar-refractivity contribution < 1.29 is 0 Å². The molecule has 45 aliphatic carbocycles. The Balaban J connectivity index is 0.780. The van der Waals surface area contributed by atoms with Gasteiger partial charge < -0.3 is 0 Å². The summed E-state index contributed by atoms with van der Waals surface area (Å²) >= 11 is 13.8. The zero-order valence-corrected chi connectivity index (χ0v) is 35.2. The number of fused-ring (bicyclic) bond motifs is 20. The summed E-state index contributed by atoms with van der Waals surface area (Å²) in [6.07, 6.45) is 7.26. The van der Waals surface area contributed by atoms with Gasteiger partial charge in [-0.05, 0) is 307 Å². The van der Waals surface area contributed by atoms with E-state index in [0.717, 1.165) is 185 Å². The summed E-state index contributed by atoms with van der Waals surface area (Å²) in [6.45, 7) is 0. The molecule has 0 aliphatic heterocycles. The van der Waals surface area contributed by atoms with Crippen LogP contribution in [-0.4, -0.2) is 9.49 Å². The molecule has 54 unspecified atom stereocenters. The van der Waals surface area contributed by atoms with E-state index >= 15 is 0 Å². The SMILES string of the molecule is S[C@]12C3C4CC5C6C7C8CC9C%10C%11C%12C%13C%14C%15C%16CC%17C%18C%19C%20CC%21C%22C%23%24C%20%21C%19%20C%18%19C%17%16C%15%16C%14%15C%13%14C%12%13C%11%12C%10%11C89C78C67C54C34C73C8%11C%125C%136C%147C%158C%19%16C%20%23C89C78C7%10C(C1C71C68C35C412)[C@]%22(S)C%24%109. The fourth-order valence-electron chi connectivity index (χ4n) is 70.0. The van der Waals surface area contributed by atoms with Gasteiger partial charge in [0.15, 0.2) is 0 Å². The van der Waals surface area contributed by atoms with Crippen molar-refractivity contribution in [2.45, 2.75) is 35.2 Å². The molecule has 45 rings (SSSR count). The van der Waals surface area contributed by atoms with Crippen molar-refractivity contribution in [3.8, 4) is 0 Å². The van der Waals surface area contributed by atoms with Gasteiger partial charge in [0, 0.05) is 31.2 Å². The molecule has 0 nitrogen and oxygen atoms in total. The molecule has 32 spiro atoms. The summed E-state index contributed by atoms with van der Waals surface area (Å²) < 4.78 is 1.13. The smallest absolute Gasteiger partial charge is 0.0278 e. The molecule has 45 aliphatic rings. The van der Waals surface area contributed by atoms with Crippen LogP contribution in [0.3, 0.4) is 0 Å². The van der Waals surface area contributed by atoms with E-state index in [-0.39, 0.29) is 0 Å². The van der Waals surface area contributed by atoms with Crippen molar-refractivity contribution in [3.63, 3.8) is 0 Å². The van der Waals surface area contributed by atoms with Gasteiger partial charge >= 0.3 is 0 Å². The predicted octanol–water partition coefficient (Wildman–Crippen LogP) is 4.62. The molecule has 56 atom stereocenters. The predicted molar refractivity (Wildman–Crippen MR) is 197 cm³/mol. The van der Waals surface area contributed by atoms with Crippen molar-refractivity contribution in [1.82, 2.24) is 0 Å². The van der Waals surface area contributed by atoms with Crippen LogP contribution in [0, 0.1) is 303 Å². The third kappa shape index (κ3) is 0.414. The standard InChI is InChI=1S/C60H32S2/c61-31-23-11-3-9-15-13-5-1-7-17-19-21-22-20-18-8-2-6-14-16-10-4-12-24-32(62)26-25(31)45-46(26)48(32)44(24)30(10,12)36(16)34(14)28(6,8)38(18)40(20)42(22)41(21)39(19)37(17)27(5,7)33(13)35(15)29(9,11)43(23)47(31,45)59-51(35,43)49(33,37)53(39,59)55(41)56(42)54(40)50(34,38)52(36,44)60(48,54)58(46,56)57(45,55)59/h5-26,61-62H,1-4H2/t5?,6?,7?,8?,9?,10?,11?,12?,13?,14?,15?,16?,17?,18?,19?,20?,21?,22?,23?,24?,25?,26?,27?,28?,29?,30?,31-,32+,33?,34?,35?,36?,37?,38?,39?,40?,41?,42?,43?,44?,45?,46?,47?,48?,49?,50?,51?,52?,53?,54?,55?,56?,57?,58?,59?,60?. The molecule has 0 aromatic heterocycles. The minimum atomic E-state index is 0.563. The Bertz CT molecular complexity index is 4180. The van der Waals surface area contributed by atoms with Gasteiger partial charge in [-0.2, -0.15) is 25.3 Å². The monoisotopic (exact) mass is 816 g/mol. The Kier molecular flexibility index (Phi) is 1.02. The highest BCUT2D eigenvalue weighted by Gasteiger charge is 3.77. The highest BCUT2D eigenvalue weighted by atomic mass is 32.1. The maximum Gasteiger partial charge on any atom is 0.0278 e. The summed E-state index contributed by atoms with van der Waals surface area (Å²) in [5, 5.41) is 0. The normalized spacial score (nSPS) is 145. The molecule has 2 heteroatoms. The van der Waals surface area contributed by atoms with Gasteiger partial charge in [0.25, 0.3) is 0 Å². The number of hydrogen-bond acceptors (Lipinski definition) is 2. The van der Waals surface area contributed by atoms with Gasteiger partial charge in [-0.1, -0.05) is 0 Å². The molecule has 0 saturated heterocycles. The van der Waals surface area contributed by atoms with Gasteiger partial charge in [0.05, 0.1) is 0 Å². The summed E-state index contributed by atoms with van der Waals surface area (Å²) in [5.74, 6) is 28.9. The van der Waals surface area contributed by atoms with E-state index in [1.165, 1.54) is 118 Å². The van der Waals surface area contributed by atoms with Crippen molar-refractivity contribution in [2.24, 2.45) is 303 Å². The van der Waals surface area contributed by atoms with Crippen molar-refractivity contribution in [3.05, 3.63) is 0 Å². The van der Waals surface area contributed by atoms with Crippen molar-refractivity contribution in [2.75, 3.05) is 0 Å². The van der Waals surface area contributed by atoms with Crippen LogP contribution in [0.25, 0.3) is 0 Å². The molecular formula is C60H32S2. The van der Waals surface area contributed by atoms with Crippen LogP contribution in [-0.2, 0) is 0 Å². The minimum Gasteiger partial charge on any atom is -0.171 e. The van der Waals surface area contributed by atoms with E-state index in [1.807, 2.05) is 12.8 Å². The lowest BCUT2D eigenvalue weighted by atomic mass is 8.29. The second-order valence-corrected chi connectivity index (χ2v) is 41.4. The Hall–Kier alpha value is 0.700. The molecule has 0 radical (unpaired) electrons. The largest absolute Gasteiger partial charge is 0.171 e. The first-order valence-corrected chi connectivity index (χ1v) is 30.9. The average Bonchev–Trinajstić information content (AvgIpc) is 3.12. The van der Waals surface area contributed by atoms with E-state index in [2.05, 4.69) is 0 Å². The minimum absolute atomic E-state index is 0.563. The molecule has 0 bridgehead atoms. The van der Waals surface area contributed by atoms with Crippen LogP contribution in [0.15, 0.2) is 0 Å². The Morgan fingerprint density at radius 3 is 0.903 bits per heavy atom. The Labute approximate surface area is 361 Å². The topological polar surface area (TPSA) is 0 Å². The van der Waals surface area contributed by atoms with Gasteiger partial charge in [-0.15, -0.1) is 0 Å². The second kappa shape index (κ2) is 3.01. The Morgan fingerprint density at radius 2 is 0.484 bits per heavy atom. The van der Waals surface area contributed by atoms with Crippen LogP contribution in [0.2, 0.25) is 0 Å². The summed E-state index contributed by atoms with van der Waals surface area (Å²) in [6, 6.07) is 0. The molecule has 284 valence electrons. The highest BCUT2D eigenvalue weighted by molar-refractivity contribution is 7.82. The molecule has 0 aromatic rings. The third-order valence-corrected chi connectivity index (χ3v) is 55.9. The molecule has 62 heavy (non-hydrogen) atoms. The van der Waals surface area contributed by atoms with Crippen molar-refractivity contribution >= 4 is 25.3 Å². The maximum atomic E-state index is 6.91. The number of rotatable bonds is 0. The summed E-state index contributed by atoms with van der Waals surface area (Å²) in [5.41, 5.74) is 33.1. The lowest BCUT2D eigenvalue weighted by Crippen LogP contribution is -3.73. The van der Waals surface area contributed by atoms with Gasteiger partial charge in [-0.3, -0.25) is 0 Å². The van der Waals surface area contributed by atoms with Crippen LogP contribution < -0.4 is 0 Å². The molecule has 0 aromatic carbocycles. The number of thiol groups is 2. The first-order chi connectivity index (χ1) is 30.6. The van der Waals surface area contributed by atoms with Gasteiger partial charge in [-0.25, -0.2) is 0 Å². The second-order valence-electron chi connectivity index (χ2n) is 39.9. The van der Waals surface area contributed by atoms with E-state index < -0.39 is 0 Å². The molecule has 45 saturated carbocycles. The Morgan fingerprint density at radius 1 is 0.210 bits per heavy atom. The fraction of sp³-hybridized carbons (Fsp3) is 1.00. The average molecular weight is 817 g/mol. The van der Waals surface area contributed by atoms with E-state index in [9.17, 15) is 0 Å². The third-order valence-electron chi connectivity index (χ3n) is 54.1. The first kappa shape index (κ1) is 21.0.